The Morgan fingerprint density at radius 2 is 1.96 bits per heavy atom. The smallest absolute Gasteiger partial charge is 0.308 e. The maximum atomic E-state index is 11.7. The van der Waals surface area contributed by atoms with Crippen molar-refractivity contribution >= 4 is 17.7 Å². The van der Waals surface area contributed by atoms with E-state index in [0.29, 0.717) is 24.3 Å². The van der Waals surface area contributed by atoms with E-state index in [0.717, 1.165) is 0 Å². The first kappa shape index (κ1) is 18.7. The summed E-state index contributed by atoms with van der Waals surface area (Å²) in [6, 6.07) is 6.46. The van der Waals surface area contributed by atoms with Gasteiger partial charge in [-0.3, -0.25) is 14.4 Å². The third-order valence-corrected chi connectivity index (χ3v) is 3.59. The molecule has 0 heterocycles. The number of hydrogen-bond donors (Lipinski definition) is 2. The Hall–Kier alpha value is -2.37. The van der Waals surface area contributed by atoms with Crippen LogP contribution in [0.5, 0.6) is 5.75 Å². The molecule has 0 spiro atoms. The lowest BCUT2D eigenvalue weighted by Gasteiger charge is -2.17. The van der Waals surface area contributed by atoms with E-state index >= 15 is 0 Å². The molecular formula is C17H23NO5. The van der Waals surface area contributed by atoms with Crippen LogP contribution >= 0.6 is 0 Å². The monoisotopic (exact) mass is 321 g/mol. The van der Waals surface area contributed by atoms with Crippen molar-refractivity contribution in [3.05, 3.63) is 29.8 Å². The first-order valence-corrected chi connectivity index (χ1v) is 7.57. The second-order valence-electron chi connectivity index (χ2n) is 5.52. The van der Waals surface area contributed by atoms with Crippen LogP contribution in [0.3, 0.4) is 0 Å². The van der Waals surface area contributed by atoms with Crippen molar-refractivity contribution in [2.24, 2.45) is 5.92 Å². The molecule has 0 aromatic heterocycles. The molecule has 0 aliphatic heterocycles. The Kier molecular flexibility index (Phi) is 7.25. The van der Waals surface area contributed by atoms with E-state index in [1.807, 2.05) is 0 Å². The molecule has 0 saturated carbocycles. The number of carbonyl (C=O) groups excluding carboxylic acids is 2. The lowest BCUT2D eigenvalue weighted by atomic mass is 10.0. The van der Waals surface area contributed by atoms with Crippen LogP contribution < -0.4 is 10.1 Å². The molecule has 6 heteroatoms. The fourth-order valence-electron chi connectivity index (χ4n) is 1.89. The van der Waals surface area contributed by atoms with E-state index in [9.17, 15) is 14.4 Å². The minimum atomic E-state index is -0.938. The van der Waals surface area contributed by atoms with Gasteiger partial charge >= 0.3 is 5.97 Å². The van der Waals surface area contributed by atoms with Crippen LogP contribution in [0.15, 0.2) is 24.3 Å². The van der Waals surface area contributed by atoms with Crippen molar-refractivity contribution < 1.29 is 24.2 Å². The molecule has 1 aromatic carbocycles. The highest BCUT2D eigenvalue weighted by Gasteiger charge is 2.20. The van der Waals surface area contributed by atoms with Crippen LogP contribution in [0, 0.1) is 5.92 Å². The molecule has 1 aromatic rings. The molecular weight excluding hydrogens is 298 g/mol. The number of amides is 1. The van der Waals surface area contributed by atoms with E-state index < -0.39 is 17.9 Å². The molecule has 0 bridgehead atoms. The second kappa shape index (κ2) is 8.92. The molecule has 6 nitrogen and oxygen atoms in total. The summed E-state index contributed by atoms with van der Waals surface area (Å²) in [7, 11) is 0. The average molecular weight is 321 g/mol. The van der Waals surface area contributed by atoms with E-state index in [1.165, 1.54) is 6.92 Å². The van der Waals surface area contributed by atoms with Gasteiger partial charge in [-0.1, -0.05) is 12.1 Å². The van der Waals surface area contributed by atoms with Crippen molar-refractivity contribution in [2.45, 2.75) is 39.7 Å². The van der Waals surface area contributed by atoms with Gasteiger partial charge in [0.05, 0.1) is 12.5 Å². The van der Waals surface area contributed by atoms with Crippen molar-refractivity contribution in [1.29, 1.82) is 0 Å². The average Bonchev–Trinajstić information content (AvgIpc) is 2.50. The van der Waals surface area contributed by atoms with Gasteiger partial charge in [0, 0.05) is 18.0 Å². The van der Waals surface area contributed by atoms with Crippen LogP contribution in [0.1, 0.15) is 44.0 Å². The first-order valence-electron chi connectivity index (χ1n) is 7.57. The zero-order chi connectivity index (χ0) is 17.4. The van der Waals surface area contributed by atoms with Gasteiger partial charge in [-0.05, 0) is 39.3 Å². The summed E-state index contributed by atoms with van der Waals surface area (Å²) in [6.07, 6.45) is 0.757. The number of aliphatic carboxylic acids is 1. The molecule has 1 rings (SSSR count). The van der Waals surface area contributed by atoms with Crippen LogP contribution in [0.25, 0.3) is 0 Å². The van der Waals surface area contributed by atoms with Gasteiger partial charge in [0.2, 0.25) is 5.91 Å². The maximum absolute atomic E-state index is 11.7. The van der Waals surface area contributed by atoms with Gasteiger partial charge < -0.3 is 15.2 Å². The van der Waals surface area contributed by atoms with Gasteiger partial charge in [-0.2, -0.15) is 0 Å². The SMILES string of the molecule is CC(=O)c1cccc(OCCCC(=O)NC(C)C(C)C(=O)O)c1. The summed E-state index contributed by atoms with van der Waals surface area (Å²) < 4.78 is 5.51. The molecule has 2 N–H and O–H groups in total. The molecule has 126 valence electrons. The third-order valence-electron chi connectivity index (χ3n) is 3.59. The highest BCUT2D eigenvalue weighted by atomic mass is 16.5. The van der Waals surface area contributed by atoms with Crippen molar-refractivity contribution in [2.75, 3.05) is 6.61 Å². The number of carboxylic acid groups (broad SMARTS) is 1. The van der Waals surface area contributed by atoms with E-state index in [2.05, 4.69) is 5.32 Å². The fraction of sp³-hybridized carbons (Fsp3) is 0.471. The minimum absolute atomic E-state index is 0.0311. The number of carboxylic acids is 1. The number of Topliss-reactive ketones (excluding diaryl/α,β-unsaturated/α-hetero) is 1. The quantitative estimate of drug-likeness (QED) is 0.537. The Labute approximate surface area is 135 Å². The molecule has 2 unspecified atom stereocenters. The largest absolute Gasteiger partial charge is 0.494 e. The van der Waals surface area contributed by atoms with Crippen LogP contribution in [0.2, 0.25) is 0 Å². The van der Waals surface area contributed by atoms with Crippen LogP contribution in [-0.4, -0.2) is 35.4 Å². The Morgan fingerprint density at radius 1 is 1.26 bits per heavy atom. The predicted molar refractivity (Wildman–Crippen MR) is 85.6 cm³/mol. The number of nitrogens with one attached hydrogen (secondary N) is 1. The number of ketones is 1. The zero-order valence-electron chi connectivity index (χ0n) is 13.7. The van der Waals surface area contributed by atoms with Gasteiger partial charge in [-0.15, -0.1) is 0 Å². The molecule has 0 fully saturated rings. The van der Waals surface area contributed by atoms with E-state index in [1.54, 1.807) is 38.1 Å². The molecule has 23 heavy (non-hydrogen) atoms. The summed E-state index contributed by atoms with van der Waals surface area (Å²) in [5.74, 6) is -1.22. The van der Waals surface area contributed by atoms with Gasteiger partial charge in [0.15, 0.2) is 5.78 Å². The van der Waals surface area contributed by atoms with Gasteiger partial charge in [-0.25, -0.2) is 0 Å². The first-order chi connectivity index (χ1) is 10.8. The maximum Gasteiger partial charge on any atom is 0.308 e. The molecule has 0 saturated heterocycles. The second-order valence-corrected chi connectivity index (χ2v) is 5.52. The number of ether oxygens (including phenoxy) is 1. The summed E-state index contributed by atoms with van der Waals surface area (Å²) in [5.41, 5.74) is 0.580. The normalized spacial score (nSPS) is 13.0. The molecule has 0 aliphatic rings. The molecule has 1 amide bonds. The predicted octanol–water partition coefficient (Wildman–Crippen LogP) is 2.27. The Morgan fingerprint density at radius 3 is 2.57 bits per heavy atom. The van der Waals surface area contributed by atoms with Crippen molar-refractivity contribution in [3.8, 4) is 5.75 Å². The highest BCUT2D eigenvalue weighted by molar-refractivity contribution is 5.94. The van der Waals surface area contributed by atoms with Crippen LogP contribution in [-0.2, 0) is 9.59 Å². The van der Waals surface area contributed by atoms with E-state index in [4.69, 9.17) is 9.84 Å². The topological polar surface area (TPSA) is 92.7 Å². The van der Waals surface area contributed by atoms with E-state index in [-0.39, 0.29) is 18.1 Å². The summed E-state index contributed by atoms with van der Waals surface area (Å²) in [4.78, 5) is 33.8. The molecule has 2 atom stereocenters. The van der Waals surface area contributed by atoms with Crippen molar-refractivity contribution in [3.63, 3.8) is 0 Å². The molecule has 0 aliphatic carbocycles. The fourth-order valence-corrected chi connectivity index (χ4v) is 1.89. The zero-order valence-corrected chi connectivity index (χ0v) is 13.7. The lowest BCUT2D eigenvalue weighted by Crippen LogP contribution is -2.40. The van der Waals surface area contributed by atoms with Gasteiger partial charge in [0.1, 0.15) is 5.75 Å². The summed E-state index contributed by atoms with van der Waals surface area (Å²) >= 11 is 0. The number of benzene rings is 1. The molecule has 0 radical (unpaired) electrons. The summed E-state index contributed by atoms with van der Waals surface area (Å²) in [5, 5.41) is 11.5. The minimum Gasteiger partial charge on any atom is -0.494 e. The standard InChI is InChI=1S/C17H23NO5/c1-11(17(21)22)12(2)18-16(20)8-5-9-23-15-7-4-6-14(10-15)13(3)19/h4,6-7,10-12H,5,8-9H2,1-3H3,(H,18,20)(H,21,22). The Bertz CT molecular complexity index is 570. The van der Waals surface area contributed by atoms with Crippen molar-refractivity contribution in [1.82, 2.24) is 5.32 Å². The third kappa shape index (κ3) is 6.50. The number of rotatable bonds is 9. The highest BCUT2D eigenvalue weighted by Crippen LogP contribution is 2.14. The lowest BCUT2D eigenvalue weighted by molar-refractivity contribution is -0.142. The Balaban J connectivity index is 2.32. The van der Waals surface area contributed by atoms with Crippen LogP contribution in [0.4, 0.5) is 0 Å². The van der Waals surface area contributed by atoms with Gasteiger partial charge in [0.25, 0.3) is 0 Å². The summed E-state index contributed by atoms with van der Waals surface area (Å²) in [6.45, 7) is 5.05. The number of hydrogen-bond acceptors (Lipinski definition) is 4. The number of carbonyl (C=O) groups is 3.